The first kappa shape index (κ1) is 17.1. The summed E-state index contributed by atoms with van der Waals surface area (Å²) in [6.07, 6.45) is 3.90. The van der Waals surface area contributed by atoms with Gasteiger partial charge in [-0.2, -0.15) is 4.98 Å². The van der Waals surface area contributed by atoms with Crippen LogP contribution < -0.4 is 5.73 Å². The summed E-state index contributed by atoms with van der Waals surface area (Å²) >= 11 is 0. The predicted molar refractivity (Wildman–Crippen MR) is 79.3 cm³/mol. The van der Waals surface area contributed by atoms with Crippen LogP contribution in [0.15, 0.2) is 4.52 Å². The van der Waals surface area contributed by atoms with E-state index < -0.39 is 0 Å². The number of rotatable bonds is 8. The van der Waals surface area contributed by atoms with Gasteiger partial charge in [-0.25, -0.2) is 0 Å². The monoisotopic (exact) mass is 283 g/mol. The van der Waals surface area contributed by atoms with Gasteiger partial charge in [0.05, 0.1) is 0 Å². The molecule has 0 bridgehead atoms. The zero-order chi connectivity index (χ0) is 15.2. The van der Waals surface area contributed by atoms with E-state index in [0.29, 0.717) is 17.6 Å². The molecule has 2 unspecified atom stereocenters. The molecule has 0 aliphatic carbocycles. The second-order valence-electron chi connectivity index (χ2n) is 6.42. The summed E-state index contributed by atoms with van der Waals surface area (Å²) in [7, 11) is 1.68. The molecule has 1 rings (SSSR count). The van der Waals surface area contributed by atoms with E-state index in [1.807, 2.05) is 0 Å². The highest BCUT2D eigenvalue weighted by Crippen LogP contribution is 2.33. The van der Waals surface area contributed by atoms with Gasteiger partial charge in [0.2, 0.25) is 11.7 Å². The van der Waals surface area contributed by atoms with Crippen LogP contribution in [-0.4, -0.2) is 23.8 Å². The summed E-state index contributed by atoms with van der Waals surface area (Å²) in [6.45, 7) is 9.24. The average Bonchev–Trinajstić information content (AvgIpc) is 2.82. The van der Waals surface area contributed by atoms with Gasteiger partial charge in [0, 0.05) is 13.5 Å². The first-order chi connectivity index (χ1) is 9.42. The van der Waals surface area contributed by atoms with Crippen molar-refractivity contribution in [1.29, 1.82) is 0 Å². The first-order valence-corrected chi connectivity index (χ1v) is 7.47. The largest absolute Gasteiger partial charge is 0.373 e. The summed E-state index contributed by atoms with van der Waals surface area (Å²) in [5.41, 5.74) is 5.56. The molecule has 0 fully saturated rings. The Bertz CT molecular complexity index is 385. The molecule has 0 aliphatic heterocycles. The number of nitrogens with zero attached hydrogens (tertiary/aromatic N) is 2. The van der Waals surface area contributed by atoms with Crippen LogP contribution in [0.25, 0.3) is 0 Å². The summed E-state index contributed by atoms with van der Waals surface area (Å²) in [4.78, 5) is 4.48. The van der Waals surface area contributed by atoms with Crippen LogP contribution in [0.4, 0.5) is 0 Å². The first-order valence-electron chi connectivity index (χ1n) is 7.47. The van der Waals surface area contributed by atoms with Gasteiger partial charge >= 0.3 is 0 Å². The Morgan fingerprint density at radius 1 is 1.30 bits per heavy atom. The summed E-state index contributed by atoms with van der Waals surface area (Å²) in [5.74, 6) is 1.97. The lowest BCUT2D eigenvalue weighted by Gasteiger charge is -2.26. The van der Waals surface area contributed by atoms with Crippen molar-refractivity contribution >= 4 is 0 Å². The molecule has 20 heavy (non-hydrogen) atoms. The average molecular weight is 283 g/mol. The second-order valence-corrected chi connectivity index (χ2v) is 6.42. The smallest absolute Gasteiger partial charge is 0.226 e. The summed E-state index contributed by atoms with van der Waals surface area (Å²) in [5, 5.41) is 4.07. The Kier molecular flexibility index (Phi) is 6.62. The van der Waals surface area contributed by atoms with Crippen molar-refractivity contribution in [2.24, 2.45) is 17.1 Å². The van der Waals surface area contributed by atoms with E-state index in [9.17, 15) is 0 Å². The quantitative estimate of drug-likeness (QED) is 0.793. The molecule has 0 saturated heterocycles. The van der Waals surface area contributed by atoms with E-state index in [2.05, 4.69) is 37.8 Å². The molecular formula is C15H29N3O2. The second kappa shape index (κ2) is 7.74. The van der Waals surface area contributed by atoms with E-state index in [-0.39, 0.29) is 11.5 Å². The minimum Gasteiger partial charge on any atom is -0.373 e. The molecule has 0 aliphatic rings. The Hall–Kier alpha value is -0.940. The molecule has 5 heteroatoms. The van der Waals surface area contributed by atoms with Crippen LogP contribution in [0.1, 0.15) is 64.8 Å². The van der Waals surface area contributed by atoms with Crippen LogP contribution in [0.3, 0.4) is 0 Å². The van der Waals surface area contributed by atoms with Crippen molar-refractivity contribution in [3.8, 4) is 0 Å². The summed E-state index contributed by atoms with van der Waals surface area (Å²) < 4.78 is 10.8. The maximum atomic E-state index is 5.62. The minimum atomic E-state index is -0.147. The highest BCUT2D eigenvalue weighted by atomic mass is 16.5. The Morgan fingerprint density at radius 3 is 2.50 bits per heavy atom. The van der Waals surface area contributed by atoms with Crippen LogP contribution in [0.5, 0.6) is 0 Å². The van der Waals surface area contributed by atoms with Crippen LogP contribution >= 0.6 is 0 Å². The van der Waals surface area contributed by atoms with Crippen LogP contribution in [-0.2, 0) is 11.2 Å². The minimum absolute atomic E-state index is 0.0542. The molecule has 0 aromatic carbocycles. The Morgan fingerprint density at radius 2 is 2.00 bits per heavy atom. The van der Waals surface area contributed by atoms with Gasteiger partial charge in [0.15, 0.2) is 0 Å². The number of hydrogen-bond acceptors (Lipinski definition) is 5. The van der Waals surface area contributed by atoms with Crippen molar-refractivity contribution in [2.45, 2.75) is 59.5 Å². The highest BCUT2D eigenvalue weighted by molar-refractivity contribution is 4.96. The lowest BCUT2D eigenvalue weighted by Crippen LogP contribution is -2.21. The van der Waals surface area contributed by atoms with Crippen molar-refractivity contribution in [3.63, 3.8) is 0 Å². The maximum absolute atomic E-state index is 5.62. The third-order valence-corrected chi connectivity index (χ3v) is 3.66. The van der Waals surface area contributed by atoms with E-state index >= 15 is 0 Å². The molecule has 1 aromatic rings. The third-order valence-electron chi connectivity index (χ3n) is 3.66. The molecule has 0 spiro atoms. The fourth-order valence-electron chi connectivity index (χ4n) is 2.44. The molecule has 0 saturated carbocycles. The number of hydrogen-bond donors (Lipinski definition) is 1. The fourth-order valence-corrected chi connectivity index (χ4v) is 2.44. The number of methoxy groups -OCH3 is 1. The fraction of sp³-hybridized carbons (Fsp3) is 0.867. The maximum Gasteiger partial charge on any atom is 0.226 e. The van der Waals surface area contributed by atoms with Crippen LogP contribution in [0.2, 0.25) is 0 Å². The topological polar surface area (TPSA) is 74.2 Å². The van der Waals surface area contributed by atoms with Crippen molar-refractivity contribution < 1.29 is 9.26 Å². The SMILES string of the molecule is CCC(CCN)CCc1nc(C(OC)C(C)(C)C)no1. The van der Waals surface area contributed by atoms with Crippen molar-refractivity contribution in [2.75, 3.05) is 13.7 Å². The van der Waals surface area contributed by atoms with Crippen molar-refractivity contribution in [3.05, 3.63) is 11.7 Å². The number of ether oxygens (including phenoxy) is 1. The Balaban J connectivity index is 2.63. The molecule has 0 radical (unpaired) electrons. The van der Waals surface area contributed by atoms with E-state index in [1.165, 1.54) is 0 Å². The van der Waals surface area contributed by atoms with Gasteiger partial charge in [-0.05, 0) is 30.7 Å². The standard InChI is InChI=1S/C15H29N3O2/c1-6-11(9-10-16)7-8-12-17-14(18-20-12)13(19-5)15(2,3)4/h11,13H,6-10,16H2,1-5H3. The molecule has 2 atom stereocenters. The number of aromatic nitrogens is 2. The van der Waals surface area contributed by atoms with E-state index in [1.54, 1.807) is 7.11 Å². The Labute approximate surface area is 122 Å². The normalized spacial score (nSPS) is 15.3. The third kappa shape index (κ3) is 4.87. The van der Waals surface area contributed by atoms with Gasteiger partial charge in [0.25, 0.3) is 0 Å². The molecule has 5 nitrogen and oxygen atoms in total. The molecular weight excluding hydrogens is 254 g/mol. The van der Waals surface area contributed by atoms with Crippen molar-refractivity contribution in [1.82, 2.24) is 10.1 Å². The zero-order valence-electron chi connectivity index (χ0n) is 13.5. The van der Waals surface area contributed by atoms with Gasteiger partial charge in [-0.3, -0.25) is 0 Å². The van der Waals surface area contributed by atoms with Crippen LogP contribution in [0, 0.1) is 11.3 Å². The predicted octanol–water partition coefficient (Wildman–Crippen LogP) is 3.11. The van der Waals surface area contributed by atoms with Gasteiger partial charge in [-0.1, -0.05) is 39.3 Å². The molecule has 0 amide bonds. The van der Waals surface area contributed by atoms with Gasteiger partial charge < -0.3 is 15.0 Å². The molecule has 116 valence electrons. The van der Waals surface area contributed by atoms with E-state index in [0.717, 1.165) is 32.2 Å². The van der Waals surface area contributed by atoms with Gasteiger partial charge in [-0.15, -0.1) is 0 Å². The van der Waals surface area contributed by atoms with Gasteiger partial charge in [0.1, 0.15) is 6.10 Å². The number of nitrogens with two attached hydrogens (primary N) is 1. The zero-order valence-corrected chi connectivity index (χ0v) is 13.5. The highest BCUT2D eigenvalue weighted by Gasteiger charge is 2.30. The molecule has 2 N–H and O–H groups in total. The molecule has 1 aromatic heterocycles. The lowest BCUT2D eigenvalue weighted by molar-refractivity contribution is 0.00718. The lowest BCUT2D eigenvalue weighted by atomic mass is 9.88. The number of aryl methyl sites for hydroxylation is 1. The summed E-state index contributed by atoms with van der Waals surface area (Å²) in [6, 6.07) is 0. The molecule has 1 heterocycles. The van der Waals surface area contributed by atoms with E-state index in [4.69, 9.17) is 15.0 Å².